The molecule has 1 aliphatic carbocycles. The van der Waals surface area contributed by atoms with Crippen LogP contribution in [0.5, 0.6) is 0 Å². The van der Waals surface area contributed by atoms with Crippen LogP contribution in [-0.4, -0.2) is 5.78 Å². The Morgan fingerprint density at radius 2 is 1.23 bits per heavy atom. The molecule has 0 aromatic heterocycles. The number of rotatable bonds is 13. The van der Waals surface area contributed by atoms with Crippen LogP contribution < -0.4 is 0 Å². The maximum Gasteiger partial charge on any atom is 0.136 e. The minimum absolute atomic E-state index is 0.450. The van der Waals surface area contributed by atoms with E-state index in [0.717, 1.165) is 30.6 Å². The smallest absolute Gasteiger partial charge is 0.136 e. The van der Waals surface area contributed by atoms with E-state index in [-0.39, 0.29) is 0 Å². The lowest BCUT2D eigenvalue weighted by Gasteiger charge is -2.10. The van der Waals surface area contributed by atoms with Gasteiger partial charge >= 0.3 is 0 Å². The molecule has 39 heavy (non-hydrogen) atoms. The summed E-state index contributed by atoms with van der Waals surface area (Å²) in [6.07, 6.45) is 13.3. The summed E-state index contributed by atoms with van der Waals surface area (Å²) in [5, 5.41) is 0. The number of Topliss-reactive ketones (excluding diaryl/α,β-unsaturated/α-hetero) is 1. The highest BCUT2D eigenvalue weighted by Crippen LogP contribution is 2.52. The second-order valence-corrected chi connectivity index (χ2v) is 10.3. The summed E-state index contributed by atoms with van der Waals surface area (Å²) in [4.78, 5) is 11.7. The van der Waals surface area contributed by atoms with Crippen LogP contribution in [0.1, 0.15) is 150 Å². The zero-order chi connectivity index (χ0) is 29.9. The lowest BCUT2D eigenvalue weighted by Crippen LogP contribution is -2.02. The second kappa shape index (κ2) is 27.7. The lowest BCUT2D eigenvalue weighted by molar-refractivity contribution is -0.120. The van der Waals surface area contributed by atoms with E-state index >= 15 is 0 Å². The minimum Gasteiger partial charge on any atom is -0.299 e. The minimum atomic E-state index is 0.450. The van der Waals surface area contributed by atoms with Crippen LogP contribution in [0, 0.1) is 17.8 Å². The fraction of sp³-hybridized carbons (Fsp3) is 0.658. The Bertz CT molecular complexity index is 751. The predicted octanol–water partition coefficient (Wildman–Crippen LogP) is 12.5. The molecule has 3 rings (SSSR count). The molecule has 0 saturated heterocycles. The molecule has 0 N–H and O–H groups in total. The van der Waals surface area contributed by atoms with Gasteiger partial charge in [0.2, 0.25) is 0 Å². The van der Waals surface area contributed by atoms with Gasteiger partial charge in [-0.3, -0.25) is 4.79 Å². The molecule has 3 unspecified atom stereocenters. The fourth-order valence-corrected chi connectivity index (χ4v) is 5.12. The molecule has 4 atom stereocenters. The van der Waals surface area contributed by atoms with Crippen molar-refractivity contribution >= 4 is 5.78 Å². The molecule has 1 fully saturated rings. The van der Waals surface area contributed by atoms with E-state index in [2.05, 4.69) is 102 Å². The molecule has 0 amide bonds. The Labute approximate surface area is 245 Å². The summed E-state index contributed by atoms with van der Waals surface area (Å²) >= 11 is 0. The van der Waals surface area contributed by atoms with Crippen LogP contribution in [0.25, 0.3) is 0 Å². The maximum atomic E-state index is 11.7. The summed E-state index contributed by atoms with van der Waals surface area (Å²) < 4.78 is 0. The molecule has 2 aromatic carbocycles. The SMILES string of the molecule is CC.CC.CCCCC(C)c1ccccc1.CCCCC1C(CC)[C@H]1C(=O)CCC.CCCc1ccccc1. The molecule has 0 spiro atoms. The number of hydrogen-bond donors (Lipinski definition) is 0. The van der Waals surface area contributed by atoms with Crippen LogP contribution in [0.2, 0.25) is 0 Å². The summed E-state index contributed by atoms with van der Waals surface area (Å²) in [6.45, 7) is 21.3. The summed E-state index contributed by atoms with van der Waals surface area (Å²) in [5.74, 6) is 3.21. The maximum absolute atomic E-state index is 11.7. The number of aryl methyl sites for hydroxylation is 1. The molecule has 224 valence electrons. The summed E-state index contributed by atoms with van der Waals surface area (Å²) in [5.41, 5.74) is 2.92. The molecule has 1 aliphatic rings. The highest BCUT2D eigenvalue weighted by atomic mass is 16.1. The fourth-order valence-electron chi connectivity index (χ4n) is 5.12. The third kappa shape index (κ3) is 18.2. The number of benzene rings is 2. The zero-order valence-electron chi connectivity index (χ0n) is 27.8. The Morgan fingerprint density at radius 3 is 1.69 bits per heavy atom. The second-order valence-electron chi connectivity index (χ2n) is 10.3. The standard InChI is InChI=1S/C13H24O.C12H18.C9H12.2C2H6/c1-4-7-9-11-10(6-3)13(11)12(14)8-5-2;1-3-4-8-11(2)12-9-6-5-7-10-12;1-2-6-9-7-4-3-5-8-9;2*1-2/h10-11,13H,4-9H2,1-3H3;5-7,9-11H,3-4,8H2,1-2H3;3-5,7-8H,2,6H2,1H3;2*1-2H3/t10?,11?,13-;;;;/m1..../s1. The van der Waals surface area contributed by atoms with E-state index in [0.29, 0.717) is 11.7 Å². The predicted molar refractivity (Wildman–Crippen MR) is 178 cm³/mol. The molecular weight excluding hydrogens is 472 g/mol. The van der Waals surface area contributed by atoms with Gasteiger partial charge in [0.1, 0.15) is 5.78 Å². The number of hydrogen-bond acceptors (Lipinski definition) is 1. The van der Waals surface area contributed by atoms with Gasteiger partial charge in [-0.15, -0.1) is 0 Å². The third-order valence-electron chi connectivity index (χ3n) is 7.30. The van der Waals surface area contributed by atoms with Gasteiger partial charge in [-0.2, -0.15) is 0 Å². The molecule has 1 heteroatoms. The molecule has 1 nitrogen and oxygen atoms in total. The van der Waals surface area contributed by atoms with E-state index in [4.69, 9.17) is 0 Å². The van der Waals surface area contributed by atoms with Crippen LogP contribution in [0.15, 0.2) is 60.7 Å². The quantitative estimate of drug-likeness (QED) is 0.248. The van der Waals surface area contributed by atoms with E-state index in [1.165, 1.54) is 68.9 Å². The summed E-state index contributed by atoms with van der Waals surface area (Å²) in [7, 11) is 0. The van der Waals surface area contributed by atoms with Gasteiger partial charge < -0.3 is 0 Å². The molecule has 0 heterocycles. The van der Waals surface area contributed by atoms with Crippen LogP contribution in [0.3, 0.4) is 0 Å². The van der Waals surface area contributed by atoms with E-state index < -0.39 is 0 Å². The number of carbonyl (C=O) groups excluding carboxylic acids is 1. The van der Waals surface area contributed by atoms with Crippen molar-refractivity contribution in [1.82, 2.24) is 0 Å². The molecule has 0 bridgehead atoms. The largest absolute Gasteiger partial charge is 0.299 e. The van der Waals surface area contributed by atoms with E-state index in [1.807, 2.05) is 27.7 Å². The Morgan fingerprint density at radius 1 is 0.692 bits per heavy atom. The normalized spacial score (nSPS) is 17.3. The first kappa shape index (κ1) is 39.3. The van der Waals surface area contributed by atoms with Crippen LogP contribution in [-0.2, 0) is 11.2 Å². The Kier molecular flexibility index (Phi) is 27.8. The molecule has 2 aromatic rings. The number of carbonyl (C=O) groups is 1. The first-order valence-electron chi connectivity index (χ1n) is 16.6. The van der Waals surface area contributed by atoms with E-state index in [9.17, 15) is 4.79 Å². The average molecular weight is 539 g/mol. The molecule has 0 radical (unpaired) electrons. The summed E-state index contributed by atoms with van der Waals surface area (Å²) in [6, 6.07) is 21.3. The Balaban J connectivity index is 0. The first-order valence-corrected chi connectivity index (χ1v) is 16.6. The van der Waals surface area contributed by atoms with Crippen molar-refractivity contribution < 1.29 is 4.79 Å². The highest BCUT2D eigenvalue weighted by Gasteiger charge is 2.51. The zero-order valence-corrected chi connectivity index (χ0v) is 27.8. The van der Waals surface area contributed by atoms with Crippen LogP contribution >= 0.6 is 0 Å². The van der Waals surface area contributed by atoms with Crippen LogP contribution in [0.4, 0.5) is 0 Å². The van der Waals surface area contributed by atoms with Crippen molar-refractivity contribution in [3.8, 4) is 0 Å². The van der Waals surface area contributed by atoms with Gasteiger partial charge in [-0.1, -0.05) is 168 Å². The number of ketones is 1. The monoisotopic (exact) mass is 539 g/mol. The van der Waals surface area contributed by atoms with Gasteiger partial charge in [-0.25, -0.2) is 0 Å². The van der Waals surface area contributed by atoms with E-state index in [1.54, 1.807) is 0 Å². The topological polar surface area (TPSA) is 17.1 Å². The van der Waals surface area contributed by atoms with Gasteiger partial charge in [0.05, 0.1) is 0 Å². The van der Waals surface area contributed by atoms with Gasteiger partial charge in [0, 0.05) is 12.3 Å². The van der Waals surface area contributed by atoms with Crippen molar-refractivity contribution in [1.29, 1.82) is 0 Å². The lowest BCUT2D eigenvalue weighted by atomic mass is 9.96. The van der Waals surface area contributed by atoms with Crippen molar-refractivity contribution in [3.63, 3.8) is 0 Å². The van der Waals surface area contributed by atoms with Gasteiger partial charge in [-0.05, 0) is 54.6 Å². The molecular formula is C38H66O. The van der Waals surface area contributed by atoms with Crippen molar-refractivity contribution in [2.75, 3.05) is 0 Å². The van der Waals surface area contributed by atoms with Gasteiger partial charge in [0.15, 0.2) is 0 Å². The van der Waals surface area contributed by atoms with Gasteiger partial charge in [0.25, 0.3) is 0 Å². The van der Waals surface area contributed by atoms with Crippen molar-refractivity contribution in [3.05, 3.63) is 71.8 Å². The third-order valence-corrected chi connectivity index (χ3v) is 7.30. The first-order chi connectivity index (χ1) is 19.0. The highest BCUT2D eigenvalue weighted by molar-refractivity contribution is 5.84. The number of unbranched alkanes of at least 4 members (excludes halogenated alkanes) is 2. The Hall–Kier alpha value is -1.89. The van der Waals surface area contributed by atoms with Crippen molar-refractivity contribution in [2.24, 2.45) is 17.8 Å². The molecule has 0 aliphatic heterocycles. The molecule has 1 saturated carbocycles. The average Bonchev–Trinajstić information content (AvgIpc) is 3.72. The van der Waals surface area contributed by atoms with Crippen molar-refractivity contribution in [2.45, 2.75) is 146 Å².